The van der Waals surface area contributed by atoms with Crippen LogP contribution in [0.3, 0.4) is 0 Å². The second kappa shape index (κ2) is 4.72. The molecule has 0 bridgehead atoms. The van der Waals surface area contributed by atoms with Crippen molar-refractivity contribution in [3.63, 3.8) is 0 Å². The Labute approximate surface area is 122 Å². The van der Waals surface area contributed by atoms with Gasteiger partial charge in [-0.1, -0.05) is 33.2 Å². The third-order valence-corrected chi connectivity index (χ3v) is 3.94. The van der Waals surface area contributed by atoms with Crippen LogP contribution >= 0.6 is 15.9 Å². The number of fused-ring (bicyclic) bond motifs is 3. The zero-order chi connectivity index (χ0) is 14.3. The van der Waals surface area contributed by atoms with Gasteiger partial charge in [-0.2, -0.15) is 4.91 Å². The minimum atomic E-state index is -0.483. The van der Waals surface area contributed by atoms with Gasteiger partial charge in [-0.25, -0.2) is 0 Å². The lowest BCUT2D eigenvalue weighted by molar-refractivity contribution is 0.100. The number of H-pyrrole nitrogens is 1. The summed E-state index contributed by atoms with van der Waals surface area (Å²) < 4.78 is 0.880. The number of primary amides is 1. The van der Waals surface area contributed by atoms with E-state index in [0.717, 1.165) is 26.3 Å². The molecular formula is C14H10BrN3O2. The van der Waals surface area contributed by atoms with E-state index >= 15 is 0 Å². The zero-order valence-corrected chi connectivity index (χ0v) is 11.9. The maximum absolute atomic E-state index is 11.5. The third-order valence-electron chi connectivity index (χ3n) is 3.28. The van der Waals surface area contributed by atoms with Gasteiger partial charge in [-0.3, -0.25) is 4.79 Å². The molecule has 6 heteroatoms. The van der Waals surface area contributed by atoms with Crippen LogP contribution in [0.1, 0.15) is 15.9 Å². The van der Waals surface area contributed by atoms with Crippen LogP contribution in [0, 0.1) is 4.91 Å². The number of hydrogen-bond acceptors (Lipinski definition) is 3. The Balaban J connectivity index is 2.40. The van der Waals surface area contributed by atoms with E-state index in [2.05, 4.69) is 26.1 Å². The number of carbonyl (C=O) groups is 1. The van der Waals surface area contributed by atoms with Crippen LogP contribution in [0.15, 0.2) is 40.0 Å². The van der Waals surface area contributed by atoms with Crippen molar-refractivity contribution in [1.29, 1.82) is 0 Å². The summed E-state index contributed by atoms with van der Waals surface area (Å²) in [5.74, 6) is -0.483. The van der Waals surface area contributed by atoms with Crippen LogP contribution in [0.5, 0.6) is 0 Å². The Bertz CT molecular complexity index is 854. The summed E-state index contributed by atoms with van der Waals surface area (Å²) in [4.78, 5) is 25.0. The van der Waals surface area contributed by atoms with Gasteiger partial charge < -0.3 is 10.7 Å². The molecule has 0 aliphatic rings. The highest BCUT2D eigenvalue weighted by Gasteiger charge is 2.14. The standard InChI is InChI=1S/C14H10BrN3O2/c15-10-4-3-9(14(16)19)13-12(10)8-2-1-7(6-17-20)5-11(8)18-13/h1-5,18H,6H2,(H2,16,19). The van der Waals surface area contributed by atoms with Crippen molar-refractivity contribution >= 4 is 43.6 Å². The topological polar surface area (TPSA) is 88.3 Å². The molecule has 3 rings (SSSR count). The van der Waals surface area contributed by atoms with Crippen molar-refractivity contribution in [2.45, 2.75) is 6.54 Å². The van der Waals surface area contributed by atoms with E-state index in [-0.39, 0.29) is 6.54 Å². The van der Waals surface area contributed by atoms with Gasteiger partial charge >= 0.3 is 0 Å². The zero-order valence-electron chi connectivity index (χ0n) is 10.3. The molecule has 3 N–H and O–H groups in total. The van der Waals surface area contributed by atoms with Crippen molar-refractivity contribution in [2.75, 3.05) is 0 Å². The molecule has 2 aromatic carbocycles. The van der Waals surface area contributed by atoms with Crippen molar-refractivity contribution < 1.29 is 4.79 Å². The fourth-order valence-corrected chi connectivity index (χ4v) is 2.94. The third kappa shape index (κ3) is 1.89. The van der Waals surface area contributed by atoms with E-state index in [0.29, 0.717) is 11.1 Å². The molecule has 20 heavy (non-hydrogen) atoms. The summed E-state index contributed by atoms with van der Waals surface area (Å²) in [6, 6.07) is 9.09. The van der Waals surface area contributed by atoms with Gasteiger partial charge in [0.1, 0.15) is 6.54 Å². The van der Waals surface area contributed by atoms with Crippen LogP contribution in [0.2, 0.25) is 0 Å². The van der Waals surface area contributed by atoms with Gasteiger partial charge in [0.25, 0.3) is 5.91 Å². The molecule has 100 valence electrons. The molecule has 0 radical (unpaired) electrons. The number of nitrogens with zero attached hydrogens (tertiary/aromatic N) is 1. The number of nitrogens with two attached hydrogens (primary N) is 1. The minimum Gasteiger partial charge on any atom is -0.366 e. The predicted octanol–water partition coefficient (Wildman–Crippen LogP) is 3.45. The second-order valence-corrected chi connectivity index (χ2v) is 5.36. The minimum absolute atomic E-state index is 0.120. The highest BCUT2D eigenvalue weighted by atomic mass is 79.9. The number of aromatic nitrogens is 1. The molecule has 1 amide bonds. The predicted molar refractivity (Wildman–Crippen MR) is 81.5 cm³/mol. The fraction of sp³-hybridized carbons (Fsp3) is 0.0714. The van der Waals surface area contributed by atoms with E-state index in [9.17, 15) is 9.70 Å². The summed E-state index contributed by atoms with van der Waals surface area (Å²) in [6.07, 6.45) is 0. The van der Waals surface area contributed by atoms with Crippen LogP contribution in [0.25, 0.3) is 21.8 Å². The van der Waals surface area contributed by atoms with Gasteiger partial charge in [0.15, 0.2) is 0 Å². The second-order valence-electron chi connectivity index (χ2n) is 4.50. The average molecular weight is 332 g/mol. The van der Waals surface area contributed by atoms with Crippen LogP contribution in [0.4, 0.5) is 0 Å². The SMILES string of the molecule is NC(=O)c1ccc(Br)c2c1[nH]c1cc(CN=O)ccc12. The lowest BCUT2D eigenvalue weighted by atomic mass is 10.1. The largest absolute Gasteiger partial charge is 0.366 e. The lowest BCUT2D eigenvalue weighted by Gasteiger charge is -2.00. The van der Waals surface area contributed by atoms with E-state index in [4.69, 9.17) is 5.73 Å². The molecule has 0 atom stereocenters. The van der Waals surface area contributed by atoms with Gasteiger partial charge in [0, 0.05) is 20.8 Å². The van der Waals surface area contributed by atoms with Crippen LogP contribution in [-0.2, 0) is 6.54 Å². The summed E-state index contributed by atoms with van der Waals surface area (Å²) in [7, 11) is 0. The Morgan fingerprint density at radius 3 is 2.80 bits per heavy atom. The molecular weight excluding hydrogens is 322 g/mol. The first-order valence-corrected chi connectivity index (χ1v) is 6.73. The Morgan fingerprint density at radius 2 is 2.10 bits per heavy atom. The van der Waals surface area contributed by atoms with Gasteiger partial charge in [0.2, 0.25) is 0 Å². The van der Waals surface area contributed by atoms with E-state index in [1.807, 2.05) is 18.2 Å². The molecule has 0 saturated heterocycles. The first kappa shape index (κ1) is 12.8. The monoisotopic (exact) mass is 331 g/mol. The molecule has 0 fully saturated rings. The molecule has 0 saturated carbocycles. The van der Waals surface area contributed by atoms with Crippen molar-refractivity contribution in [2.24, 2.45) is 10.9 Å². The smallest absolute Gasteiger partial charge is 0.250 e. The number of rotatable bonds is 3. The summed E-state index contributed by atoms with van der Waals surface area (Å²) in [5.41, 5.74) is 8.19. The van der Waals surface area contributed by atoms with E-state index < -0.39 is 5.91 Å². The number of carbonyl (C=O) groups excluding carboxylic acids is 1. The van der Waals surface area contributed by atoms with Gasteiger partial charge in [0.05, 0.1) is 11.1 Å². The first-order chi connectivity index (χ1) is 9.61. The summed E-state index contributed by atoms with van der Waals surface area (Å²) >= 11 is 3.49. The molecule has 3 aromatic rings. The molecule has 5 nitrogen and oxygen atoms in total. The van der Waals surface area contributed by atoms with Crippen LogP contribution < -0.4 is 5.73 Å². The van der Waals surface area contributed by atoms with Gasteiger partial charge in [-0.15, -0.1) is 0 Å². The fourth-order valence-electron chi connectivity index (χ4n) is 2.40. The summed E-state index contributed by atoms with van der Waals surface area (Å²) in [5, 5.41) is 4.75. The first-order valence-electron chi connectivity index (χ1n) is 5.93. The van der Waals surface area contributed by atoms with E-state index in [1.165, 1.54) is 0 Å². The highest BCUT2D eigenvalue weighted by molar-refractivity contribution is 9.10. The number of nitroso groups, excluding NO2 is 1. The Morgan fingerprint density at radius 1 is 1.30 bits per heavy atom. The maximum Gasteiger partial charge on any atom is 0.250 e. The van der Waals surface area contributed by atoms with E-state index in [1.54, 1.807) is 12.1 Å². The maximum atomic E-state index is 11.5. The number of halogens is 1. The quantitative estimate of drug-likeness (QED) is 0.720. The Hall–Kier alpha value is -2.21. The number of benzene rings is 2. The highest BCUT2D eigenvalue weighted by Crippen LogP contribution is 2.34. The lowest BCUT2D eigenvalue weighted by Crippen LogP contribution is -2.11. The van der Waals surface area contributed by atoms with Crippen molar-refractivity contribution in [1.82, 2.24) is 4.98 Å². The number of aromatic amines is 1. The molecule has 0 unspecified atom stereocenters. The average Bonchev–Trinajstić information content (AvgIpc) is 2.78. The van der Waals surface area contributed by atoms with Crippen molar-refractivity contribution in [3.8, 4) is 0 Å². The van der Waals surface area contributed by atoms with Gasteiger partial charge in [-0.05, 0) is 23.8 Å². The molecule has 0 aliphatic heterocycles. The molecule has 1 aromatic heterocycles. The number of nitrogens with one attached hydrogen (secondary N) is 1. The summed E-state index contributed by atoms with van der Waals surface area (Å²) in [6.45, 7) is 0.120. The van der Waals surface area contributed by atoms with Crippen LogP contribution in [-0.4, -0.2) is 10.9 Å². The van der Waals surface area contributed by atoms with Crippen molar-refractivity contribution in [3.05, 3.63) is 50.8 Å². The number of hydrogen-bond donors (Lipinski definition) is 2. The molecule has 1 heterocycles. The molecule has 0 spiro atoms. The Kier molecular flexibility index (Phi) is 3.02. The number of amides is 1. The molecule has 0 aliphatic carbocycles. The normalized spacial score (nSPS) is 11.1.